The number of carbonyl (C=O) groups is 1. The number of hydrogen-bond acceptors (Lipinski definition) is 8. The first kappa shape index (κ1) is 26.3. The van der Waals surface area contributed by atoms with Crippen LogP contribution in [0.3, 0.4) is 0 Å². The van der Waals surface area contributed by atoms with Crippen LogP contribution in [0.15, 0.2) is 62.7 Å². The second-order valence-corrected chi connectivity index (χ2v) is 13.5. The summed E-state index contributed by atoms with van der Waals surface area (Å²) in [5, 5.41) is 10.2. The Kier molecular flexibility index (Phi) is 7.51. The second-order valence-electron chi connectivity index (χ2n) is 8.66. The lowest BCUT2D eigenvalue weighted by Gasteiger charge is -2.30. The fraction of sp³-hybridized carbons (Fsp3) is 0.348. The number of nitrogens with zero attached hydrogens (tertiary/aromatic N) is 3. The summed E-state index contributed by atoms with van der Waals surface area (Å²) < 4.78 is 57.5. The van der Waals surface area contributed by atoms with Crippen molar-refractivity contribution in [2.24, 2.45) is 5.92 Å². The molecule has 1 saturated heterocycles. The lowest BCUT2D eigenvalue weighted by Crippen LogP contribution is -2.41. The van der Waals surface area contributed by atoms with Crippen molar-refractivity contribution in [1.82, 2.24) is 14.5 Å². The number of benzene rings is 2. The van der Waals surface area contributed by atoms with Gasteiger partial charge in [-0.2, -0.15) is 4.31 Å². The molecule has 3 aromatic rings. The zero-order chi connectivity index (χ0) is 26.1. The molecule has 2 heterocycles. The summed E-state index contributed by atoms with van der Waals surface area (Å²) >= 11 is 5.85. The van der Waals surface area contributed by atoms with Crippen molar-refractivity contribution in [2.45, 2.75) is 41.7 Å². The van der Waals surface area contributed by atoms with Gasteiger partial charge in [0, 0.05) is 29.6 Å². The molecule has 192 valence electrons. The molecule has 1 aromatic heterocycles. The number of rotatable bonds is 7. The van der Waals surface area contributed by atoms with E-state index in [1.807, 2.05) is 0 Å². The van der Waals surface area contributed by atoms with E-state index in [0.717, 1.165) is 0 Å². The highest BCUT2D eigenvalue weighted by molar-refractivity contribution is 7.92. The molecule has 4 rings (SSSR count). The van der Waals surface area contributed by atoms with E-state index >= 15 is 0 Å². The maximum absolute atomic E-state index is 12.8. The van der Waals surface area contributed by atoms with E-state index in [-0.39, 0.29) is 40.7 Å². The van der Waals surface area contributed by atoms with Crippen LogP contribution in [0, 0.1) is 5.92 Å². The van der Waals surface area contributed by atoms with Crippen molar-refractivity contribution in [3.05, 3.63) is 53.6 Å². The van der Waals surface area contributed by atoms with Crippen LogP contribution in [0.25, 0.3) is 11.5 Å². The molecule has 0 spiro atoms. The van der Waals surface area contributed by atoms with Crippen LogP contribution in [0.2, 0.25) is 5.02 Å². The van der Waals surface area contributed by atoms with Crippen LogP contribution >= 0.6 is 11.6 Å². The topological polar surface area (TPSA) is 140 Å². The largest absolute Gasteiger partial charge is 0.403 e. The molecule has 13 heteroatoms. The Bertz CT molecular complexity index is 1460. The Balaban J connectivity index is 1.39. The third-order valence-electron chi connectivity index (χ3n) is 5.96. The van der Waals surface area contributed by atoms with Crippen molar-refractivity contribution in [1.29, 1.82) is 0 Å². The van der Waals surface area contributed by atoms with Crippen molar-refractivity contribution >= 4 is 43.4 Å². The molecule has 1 N–H and O–H groups in total. The maximum Gasteiger partial charge on any atom is 0.322 e. The minimum atomic E-state index is -3.67. The van der Waals surface area contributed by atoms with E-state index in [0.29, 0.717) is 23.4 Å². The SMILES string of the molecule is CC(C)S(=O)(=O)c1cccc(-c2nnc(NC(=O)C3CCN(S(=O)(=O)c4ccc(Cl)cc4)CC3)o2)c1. The van der Waals surface area contributed by atoms with Crippen LogP contribution < -0.4 is 5.32 Å². The Labute approximate surface area is 214 Å². The molecule has 1 aliphatic rings. The molecule has 0 atom stereocenters. The van der Waals surface area contributed by atoms with Gasteiger partial charge in [0.05, 0.1) is 15.0 Å². The Morgan fingerprint density at radius 1 is 1.03 bits per heavy atom. The Hall–Kier alpha value is -2.80. The number of piperidine rings is 1. The zero-order valence-electron chi connectivity index (χ0n) is 19.6. The molecule has 0 unspecified atom stereocenters. The van der Waals surface area contributed by atoms with E-state index < -0.39 is 31.0 Å². The van der Waals surface area contributed by atoms with Crippen molar-refractivity contribution in [3.63, 3.8) is 0 Å². The summed E-state index contributed by atoms with van der Waals surface area (Å²) in [7, 11) is -7.16. The number of carbonyl (C=O) groups excluding carboxylic acids is 1. The van der Waals surface area contributed by atoms with Crippen LogP contribution in [0.1, 0.15) is 26.7 Å². The first-order valence-electron chi connectivity index (χ1n) is 11.2. The zero-order valence-corrected chi connectivity index (χ0v) is 22.0. The maximum atomic E-state index is 12.8. The highest BCUT2D eigenvalue weighted by Crippen LogP contribution is 2.27. The van der Waals surface area contributed by atoms with Gasteiger partial charge >= 0.3 is 6.01 Å². The summed E-state index contributed by atoms with van der Waals surface area (Å²) in [6.45, 7) is 3.57. The average molecular weight is 553 g/mol. The molecule has 1 fully saturated rings. The normalized spacial score (nSPS) is 15.8. The Morgan fingerprint density at radius 2 is 1.69 bits per heavy atom. The van der Waals surface area contributed by atoms with E-state index in [1.165, 1.54) is 40.7 Å². The predicted molar refractivity (Wildman–Crippen MR) is 134 cm³/mol. The smallest absolute Gasteiger partial charge is 0.322 e. The standard InChI is InChI=1S/C23H25ClN4O6S2/c1-15(2)35(30,31)20-5-3-4-17(14-20)22-26-27-23(34-22)25-21(29)16-10-12-28(13-11-16)36(32,33)19-8-6-18(24)7-9-19/h3-9,14-16H,10-13H2,1-2H3,(H,25,27,29). The fourth-order valence-corrected chi connectivity index (χ4v) is 6.49. The predicted octanol–water partition coefficient (Wildman–Crippen LogP) is 3.61. The molecular formula is C23H25ClN4O6S2. The van der Waals surface area contributed by atoms with Crippen LogP contribution in [-0.4, -0.2) is 55.6 Å². The number of aromatic nitrogens is 2. The number of sulfone groups is 1. The second kappa shape index (κ2) is 10.3. The first-order valence-corrected chi connectivity index (χ1v) is 14.6. The first-order chi connectivity index (χ1) is 17.0. The number of sulfonamides is 1. The molecule has 0 bridgehead atoms. The summed E-state index contributed by atoms with van der Waals surface area (Å²) in [6.07, 6.45) is 0.656. The highest BCUT2D eigenvalue weighted by atomic mass is 35.5. The summed E-state index contributed by atoms with van der Waals surface area (Å²) in [4.78, 5) is 13.0. The lowest BCUT2D eigenvalue weighted by molar-refractivity contribution is -0.121. The minimum absolute atomic E-state index is 0.0648. The van der Waals surface area contributed by atoms with Gasteiger partial charge in [0.25, 0.3) is 0 Å². The monoisotopic (exact) mass is 552 g/mol. The molecular weight excluding hydrogens is 528 g/mol. The van der Waals surface area contributed by atoms with Crippen LogP contribution in [0.5, 0.6) is 0 Å². The molecule has 0 saturated carbocycles. The van der Waals surface area contributed by atoms with E-state index in [9.17, 15) is 21.6 Å². The number of hydrogen-bond donors (Lipinski definition) is 1. The molecule has 1 amide bonds. The van der Waals surface area contributed by atoms with Crippen LogP contribution in [-0.2, 0) is 24.7 Å². The number of nitrogens with one attached hydrogen (secondary N) is 1. The number of amides is 1. The van der Waals surface area contributed by atoms with Gasteiger partial charge in [-0.25, -0.2) is 16.8 Å². The van der Waals surface area contributed by atoms with Gasteiger partial charge in [0.2, 0.25) is 21.8 Å². The van der Waals surface area contributed by atoms with Crippen LogP contribution in [0.4, 0.5) is 6.01 Å². The molecule has 1 aliphatic heterocycles. The quantitative estimate of drug-likeness (QED) is 0.469. The lowest BCUT2D eigenvalue weighted by atomic mass is 9.97. The third-order valence-corrected chi connectivity index (χ3v) is 10.3. The van der Waals surface area contributed by atoms with E-state index in [1.54, 1.807) is 26.0 Å². The summed E-state index contributed by atoms with van der Waals surface area (Å²) in [6, 6.07) is 12.0. The average Bonchev–Trinajstić information content (AvgIpc) is 3.33. The van der Waals surface area contributed by atoms with Gasteiger partial charge in [-0.3, -0.25) is 10.1 Å². The fourth-order valence-electron chi connectivity index (χ4n) is 3.79. The van der Waals surface area contributed by atoms with E-state index in [2.05, 4.69) is 15.5 Å². The molecule has 36 heavy (non-hydrogen) atoms. The van der Waals surface area contributed by atoms with Crippen molar-refractivity contribution in [3.8, 4) is 11.5 Å². The third kappa shape index (κ3) is 5.46. The Morgan fingerprint density at radius 3 is 2.33 bits per heavy atom. The van der Waals surface area contributed by atoms with Gasteiger partial charge < -0.3 is 4.42 Å². The van der Waals surface area contributed by atoms with Gasteiger partial charge in [-0.1, -0.05) is 22.8 Å². The number of anilines is 1. The van der Waals surface area contributed by atoms with Crippen molar-refractivity contribution < 1.29 is 26.0 Å². The number of halogens is 1. The van der Waals surface area contributed by atoms with Gasteiger partial charge in [0.15, 0.2) is 9.84 Å². The van der Waals surface area contributed by atoms with Crippen molar-refractivity contribution in [2.75, 3.05) is 18.4 Å². The van der Waals surface area contributed by atoms with Gasteiger partial charge in [-0.05, 0) is 69.2 Å². The molecule has 2 aromatic carbocycles. The molecule has 0 aliphatic carbocycles. The van der Waals surface area contributed by atoms with Gasteiger partial charge in [0.1, 0.15) is 0 Å². The molecule has 0 radical (unpaired) electrons. The summed E-state index contributed by atoms with van der Waals surface area (Å²) in [5.41, 5.74) is 0.408. The minimum Gasteiger partial charge on any atom is -0.403 e. The van der Waals surface area contributed by atoms with Gasteiger partial charge in [-0.15, -0.1) is 5.10 Å². The highest BCUT2D eigenvalue weighted by Gasteiger charge is 2.32. The van der Waals surface area contributed by atoms with E-state index in [4.69, 9.17) is 16.0 Å². The summed E-state index contributed by atoms with van der Waals surface area (Å²) in [5.74, 6) is -0.726. The molecule has 10 nitrogen and oxygen atoms in total.